The van der Waals surface area contributed by atoms with Gasteiger partial charge in [0.2, 0.25) is 0 Å². The van der Waals surface area contributed by atoms with Crippen LogP contribution in [0.4, 0.5) is 8.78 Å². The highest BCUT2D eigenvalue weighted by atomic mass is 19.3. The fourth-order valence-corrected chi connectivity index (χ4v) is 6.43. The highest BCUT2D eigenvalue weighted by Crippen LogP contribution is 2.36. The SMILES string of the molecule is C=CN=C(C)C1=C(C)CC(c2ccc(C=O)cc2)=C1.CC.CCCC(C)(CCC)C(C)=N/C(C)=C(/C1=CC=C(C(F)F)CC1)C(C)C.CN. The minimum Gasteiger partial charge on any atom is -0.333 e. The van der Waals surface area contributed by atoms with Crippen LogP contribution < -0.4 is 5.73 Å². The zero-order chi connectivity index (χ0) is 37.7. The van der Waals surface area contributed by atoms with Crippen molar-refractivity contribution in [3.63, 3.8) is 0 Å². The van der Waals surface area contributed by atoms with Crippen molar-refractivity contribution in [2.24, 2.45) is 27.1 Å². The number of hydrogen-bond donors (Lipinski definition) is 1. The van der Waals surface area contributed by atoms with Crippen LogP contribution in [0.15, 0.2) is 98.8 Å². The van der Waals surface area contributed by atoms with Crippen molar-refractivity contribution in [1.82, 2.24) is 0 Å². The van der Waals surface area contributed by atoms with Crippen LogP contribution in [0.25, 0.3) is 5.57 Å². The van der Waals surface area contributed by atoms with Gasteiger partial charge in [0, 0.05) is 34.3 Å². The molecule has 0 aromatic heterocycles. The normalized spacial score (nSPS) is 15.5. The molecule has 0 aliphatic heterocycles. The van der Waals surface area contributed by atoms with Crippen LogP contribution in [0.1, 0.15) is 137 Å². The lowest BCUT2D eigenvalue weighted by molar-refractivity contribution is 0.112. The Balaban J connectivity index is 0.000000883. The third-order valence-corrected chi connectivity index (χ3v) is 8.91. The summed E-state index contributed by atoms with van der Waals surface area (Å²) in [5.74, 6) is 0.322. The van der Waals surface area contributed by atoms with Crippen LogP contribution >= 0.6 is 0 Å². The Morgan fingerprint density at radius 3 is 2.00 bits per heavy atom. The maximum Gasteiger partial charge on any atom is 0.260 e. The molecule has 6 heteroatoms. The molecule has 1 aromatic rings. The number of allylic oxidation sites excluding steroid dienone is 10. The topological polar surface area (TPSA) is 67.8 Å². The van der Waals surface area contributed by atoms with Gasteiger partial charge in [0.15, 0.2) is 0 Å². The molecule has 0 saturated heterocycles. The number of carbonyl (C=O) groups excluding carboxylic acids is 1. The van der Waals surface area contributed by atoms with E-state index in [1.54, 1.807) is 12.3 Å². The van der Waals surface area contributed by atoms with Crippen LogP contribution in [0.3, 0.4) is 0 Å². The average Bonchev–Trinajstić information content (AvgIpc) is 3.49. The molecule has 0 amide bonds. The number of carbonyl (C=O) groups is 1. The second-order valence-electron chi connectivity index (χ2n) is 12.8. The average molecular weight is 678 g/mol. The largest absolute Gasteiger partial charge is 0.333 e. The lowest BCUT2D eigenvalue weighted by Gasteiger charge is -2.30. The fraction of sp³-hybridized carbons (Fsp3) is 0.512. The summed E-state index contributed by atoms with van der Waals surface area (Å²) in [7, 11) is 1.50. The highest BCUT2D eigenvalue weighted by molar-refractivity contribution is 6.05. The van der Waals surface area contributed by atoms with Crippen molar-refractivity contribution in [3.8, 4) is 0 Å². The summed E-state index contributed by atoms with van der Waals surface area (Å²) < 4.78 is 25.8. The van der Waals surface area contributed by atoms with E-state index in [2.05, 4.69) is 78.8 Å². The van der Waals surface area contributed by atoms with Gasteiger partial charge < -0.3 is 5.73 Å². The van der Waals surface area contributed by atoms with Gasteiger partial charge in [-0.05, 0) is 112 Å². The molecule has 0 saturated carbocycles. The zero-order valence-corrected chi connectivity index (χ0v) is 32.6. The van der Waals surface area contributed by atoms with Crippen molar-refractivity contribution in [3.05, 3.63) is 100.0 Å². The Bertz CT molecular complexity index is 1410. The van der Waals surface area contributed by atoms with Crippen LogP contribution in [0.2, 0.25) is 0 Å². The van der Waals surface area contributed by atoms with Gasteiger partial charge in [0.05, 0.1) is 0 Å². The van der Waals surface area contributed by atoms with E-state index < -0.39 is 6.43 Å². The van der Waals surface area contributed by atoms with Gasteiger partial charge in [0.1, 0.15) is 6.29 Å². The molecule has 2 aliphatic rings. The Morgan fingerprint density at radius 2 is 1.57 bits per heavy atom. The van der Waals surface area contributed by atoms with Gasteiger partial charge in [-0.3, -0.25) is 14.8 Å². The minimum absolute atomic E-state index is 0.135. The van der Waals surface area contributed by atoms with E-state index in [-0.39, 0.29) is 11.0 Å². The van der Waals surface area contributed by atoms with E-state index in [0.29, 0.717) is 24.3 Å². The van der Waals surface area contributed by atoms with Crippen LogP contribution in [0, 0.1) is 11.3 Å². The number of alkyl halides is 2. The minimum atomic E-state index is -2.34. The number of aliphatic imine (C=N–C) groups is 2. The smallest absolute Gasteiger partial charge is 0.260 e. The zero-order valence-electron chi connectivity index (χ0n) is 32.6. The van der Waals surface area contributed by atoms with Crippen molar-refractivity contribution in [2.45, 2.75) is 128 Å². The van der Waals surface area contributed by atoms with Crippen molar-refractivity contribution in [2.75, 3.05) is 7.05 Å². The first kappa shape index (κ1) is 45.5. The molecule has 0 heterocycles. The quantitative estimate of drug-likeness (QED) is 0.167. The monoisotopic (exact) mass is 678 g/mol. The van der Waals surface area contributed by atoms with Crippen molar-refractivity contribution < 1.29 is 13.6 Å². The first-order valence-electron chi connectivity index (χ1n) is 18.0. The first-order valence-corrected chi connectivity index (χ1v) is 18.0. The molecule has 4 nitrogen and oxygen atoms in total. The molecule has 0 atom stereocenters. The lowest BCUT2D eigenvalue weighted by Crippen LogP contribution is -2.25. The second-order valence-corrected chi connectivity index (χ2v) is 12.8. The Labute approximate surface area is 297 Å². The van der Waals surface area contributed by atoms with Gasteiger partial charge in [-0.2, -0.15) is 0 Å². The Hall–Kier alpha value is -3.51. The van der Waals surface area contributed by atoms with E-state index in [1.165, 1.54) is 35.1 Å². The molecule has 0 fully saturated rings. The number of halogens is 2. The van der Waals surface area contributed by atoms with E-state index in [1.807, 2.05) is 51.1 Å². The molecule has 1 aromatic carbocycles. The molecule has 0 spiro atoms. The van der Waals surface area contributed by atoms with E-state index in [0.717, 1.165) is 60.9 Å². The Kier molecular flexibility index (Phi) is 22.1. The molecule has 2 N–H and O–H groups in total. The standard InChI is InChI=1S/C23H37F2N.C17H17NO.C2H6.CH5N/c1-8-14-23(7,15-9-2)18(6)26-17(5)21(16(3)4)19-10-12-20(13-11-19)22(24)25;1-4-18-13(3)17-10-16(9-12(17)2)15-7-5-14(11-19)6-8-15;2*1-2/h10,12,16,22H,8-9,11,13-15H2,1-7H3;4-8,10-11H,1,9H2,2-3H3;1-2H3;2H2,1H3/b21-17+,26-18?;;;. The van der Waals surface area contributed by atoms with Gasteiger partial charge >= 0.3 is 0 Å². The summed E-state index contributed by atoms with van der Waals surface area (Å²) in [5, 5.41) is 0. The third-order valence-electron chi connectivity index (χ3n) is 8.91. The van der Waals surface area contributed by atoms with E-state index in [9.17, 15) is 13.6 Å². The number of benzene rings is 1. The fourth-order valence-electron chi connectivity index (χ4n) is 6.43. The van der Waals surface area contributed by atoms with Crippen LogP contribution in [-0.4, -0.2) is 31.2 Å². The molecular formula is C43H65F2N3O. The Morgan fingerprint density at radius 1 is 1.00 bits per heavy atom. The molecule has 2 aliphatic carbocycles. The van der Waals surface area contributed by atoms with E-state index >= 15 is 0 Å². The molecule has 272 valence electrons. The van der Waals surface area contributed by atoms with Gasteiger partial charge in [0.25, 0.3) is 6.43 Å². The lowest BCUT2D eigenvalue weighted by atomic mass is 9.77. The van der Waals surface area contributed by atoms with Crippen molar-refractivity contribution in [1.29, 1.82) is 0 Å². The summed E-state index contributed by atoms with van der Waals surface area (Å²) in [5.41, 5.74) is 16.1. The number of nitrogens with zero attached hydrogens (tertiary/aromatic N) is 2. The van der Waals surface area contributed by atoms with Gasteiger partial charge in [-0.15, -0.1) is 0 Å². The molecule has 0 unspecified atom stereocenters. The number of hydrogen-bond acceptors (Lipinski definition) is 4. The van der Waals surface area contributed by atoms with Gasteiger partial charge in [-0.1, -0.05) is 110 Å². The predicted octanol–water partition coefficient (Wildman–Crippen LogP) is 12.7. The van der Waals surface area contributed by atoms with E-state index in [4.69, 9.17) is 4.99 Å². The summed E-state index contributed by atoms with van der Waals surface area (Å²) in [6, 6.07) is 7.68. The summed E-state index contributed by atoms with van der Waals surface area (Å²) >= 11 is 0. The number of nitrogens with two attached hydrogens (primary N) is 1. The number of rotatable bonds is 13. The molecule has 0 bridgehead atoms. The highest BCUT2D eigenvalue weighted by Gasteiger charge is 2.26. The predicted molar refractivity (Wildman–Crippen MR) is 212 cm³/mol. The molecule has 0 radical (unpaired) electrons. The first-order chi connectivity index (χ1) is 23.3. The number of aldehydes is 1. The maximum absolute atomic E-state index is 12.9. The van der Waals surface area contributed by atoms with Crippen molar-refractivity contribution >= 4 is 23.3 Å². The molecular weight excluding hydrogens is 612 g/mol. The van der Waals surface area contributed by atoms with Gasteiger partial charge in [-0.25, -0.2) is 8.78 Å². The summed E-state index contributed by atoms with van der Waals surface area (Å²) in [6.07, 6.45) is 12.4. The summed E-state index contributed by atoms with van der Waals surface area (Å²) in [6.45, 7) is 27.1. The van der Waals surface area contributed by atoms with Crippen LogP contribution in [0.5, 0.6) is 0 Å². The molecule has 49 heavy (non-hydrogen) atoms. The summed E-state index contributed by atoms with van der Waals surface area (Å²) in [4.78, 5) is 19.9. The maximum atomic E-state index is 12.9. The van der Waals surface area contributed by atoms with Crippen LogP contribution in [-0.2, 0) is 0 Å². The molecule has 3 rings (SSSR count). The second kappa shape index (κ2) is 23.8. The third kappa shape index (κ3) is 14.1.